The highest BCUT2D eigenvalue weighted by atomic mass is 35.5. The highest BCUT2D eigenvalue weighted by Crippen LogP contribution is 2.27. The fraction of sp³-hybridized carbons (Fsp3) is 0.588. The molecule has 0 aliphatic carbocycles. The number of alkyl halides is 1. The van der Waals surface area contributed by atoms with E-state index in [1.165, 1.54) is 23.9 Å². The summed E-state index contributed by atoms with van der Waals surface area (Å²) in [6.07, 6.45) is 3.27. The maximum atomic E-state index is 5.95. The third-order valence-corrected chi connectivity index (χ3v) is 4.09. The van der Waals surface area contributed by atoms with Gasteiger partial charge in [-0.25, -0.2) is 4.98 Å². The van der Waals surface area contributed by atoms with Gasteiger partial charge in [0.15, 0.2) is 0 Å². The quantitative estimate of drug-likeness (QED) is 0.675. The fourth-order valence-electron chi connectivity index (χ4n) is 2.81. The Morgan fingerprint density at radius 1 is 1.20 bits per heavy atom. The van der Waals surface area contributed by atoms with Crippen LogP contribution in [0.15, 0.2) is 18.2 Å². The van der Waals surface area contributed by atoms with Crippen molar-refractivity contribution >= 4 is 22.6 Å². The van der Waals surface area contributed by atoms with Crippen LogP contribution < -0.4 is 0 Å². The average Bonchev–Trinajstić information content (AvgIpc) is 2.76. The fourth-order valence-corrected chi connectivity index (χ4v) is 2.98. The summed E-state index contributed by atoms with van der Waals surface area (Å²) in [4.78, 5) is 4.79. The molecule has 0 saturated heterocycles. The standard InChI is InChI=1S/C17H25ClN2/c1-12(2)8-9-14(4)20-16(10-11-18)19-15-7-5-6-13(3)17(15)20/h5-7,12,14H,8-11H2,1-4H3. The number of rotatable bonds is 6. The molecule has 1 unspecified atom stereocenters. The van der Waals surface area contributed by atoms with Crippen molar-refractivity contribution in [2.24, 2.45) is 5.92 Å². The van der Waals surface area contributed by atoms with Gasteiger partial charge < -0.3 is 4.57 Å². The van der Waals surface area contributed by atoms with Gasteiger partial charge in [-0.05, 0) is 44.2 Å². The molecule has 0 amide bonds. The van der Waals surface area contributed by atoms with Gasteiger partial charge >= 0.3 is 0 Å². The molecule has 2 rings (SSSR count). The van der Waals surface area contributed by atoms with Crippen LogP contribution >= 0.6 is 11.6 Å². The van der Waals surface area contributed by atoms with E-state index in [2.05, 4.69) is 50.5 Å². The number of fused-ring (bicyclic) bond motifs is 1. The van der Waals surface area contributed by atoms with Crippen molar-refractivity contribution in [2.75, 3.05) is 5.88 Å². The second-order valence-corrected chi connectivity index (χ2v) is 6.48. The molecular formula is C17H25ClN2. The lowest BCUT2D eigenvalue weighted by Gasteiger charge is -2.19. The average molecular weight is 293 g/mol. The van der Waals surface area contributed by atoms with Crippen molar-refractivity contribution in [1.29, 1.82) is 0 Å². The maximum Gasteiger partial charge on any atom is 0.111 e. The zero-order chi connectivity index (χ0) is 14.7. The molecule has 110 valence electrons. The number of aromatic nitrogens is 2. The molecule has 1 heterocycles. The zero-order valence-electron chi connectivity index (χ0n) is 13.0. The van der Waals surface area contributed by atoms with Crippen molar-refractivity contribution in [3.63, 3.8) is 0 Å². The molecule has 1 atom stereocenters. The molecule has 0 fully saturated rings. The van der Waals surface area contributed by atoms with Crippen LogP contribution in [-0.2, 0) is 6.42 Å². The maximum absolute atomic E-state index is 5.95. The van der Waals surface area contributed by atoms with E-state index >= 15 is 0 Å². The number of aryl methyl sites for hydroxylation is 2. The molecule has 0 radical (unpaired) electrons. The summed E-state index contributed by atoms with van der Waals surface area (Å²) >= 11 is 5.95. The predicted octanol–water partition coefficient (Wildman–Crippen LogP) is 5.12. The Bertz CT molecular complexity index is 572. The van der Waals surface area contributed by atoms with Crippen molar-refractivity contribution in [1.82, 2.24) is 9.55 Å². The summed E-state index contributed by atoms with van der Waals surface area (Å²) in [6.45, 7) is 9.03. The summed E-state index contributed by atoms with van der Waals surface area (Å²) in [5.41, 5.74) is 3.68. The van der Waals surface area contributed by atoms with Crippen LogP contribution in [0, 0.1) is 12.8 Å². The van der Waals surface area contributed by atoms with Gasteiger partial charge in [-0.15, -0.1) is 11.6 Å². The molecular weight excluding hydrogens is 268 g/mol. The first-order valence-electron chi connectivity index (χ1n) is 7.57. The highest BCUT2D eigenvalue weighted by molar-refractivity contribution is 6.17. The molecule has 0 aliphatic heterocycles. The van der Waals surface area contributed by atoms with Crippen molar-refractivity contribution in [3.8, 4) is 0 Å². The Balaban J connectivity index is 2.44. The van der Waals surface area contributed by atoms with Gasteiger partial charge in [-0.2, -0.15) is 0 Å². The van der Waals surface area contributed by atoms with Gasteiger partial charge in [0.2, 0.25) is 0 Å². The van der Waals surface area contributed by atoms with Crippen LogP contribution in [0.4, 0.5) is 0 Å². The molecule has 2 nitrogen and oxygen atoms in total. The Labute approximate surface area is 127 Å². The van der Waals surface area contributed by atoms with E-state index in [0.717, 1.165) is 23.7 Å². The monoisotopic (exact) mass is 292 g/mol. The molecule has 0 aliphatic rings. The van der Waals surface area contributed by atoms with E-state index in [-0.39, 0.29) is 0 Å². The molecule has 1 aromatic heterocycles. The molecule has 20 heavy (non-hydrogen) atoms. The second-order valence-electron chi connectivity index (χ2n) is 6.10. The van der Waals surface area contributed by atoms with Crippen LogP contribution in [0.5, 0.6) is 0 Å². The number of hydrogen-bond acceptors (Lipinski definition) is 1. The van der Waals surface area contributed by atoms with E-state index in [1.807, 2.05) is 0 Å². The van der Waals surface area contributed by atoms with Crippen LogP contribution in [0.3, 0.4) is 0 Å². The largest absolute Gasteiger partial charge is 0.325 e. The van der Waals surface area contributed by atoms with Gasteiger partial charge in [-0.1, -0.05) is 26.0 Å². The molecule has 0 N–H and O–H groups in total. The molecule has 0 bridgehead atoms. The first-order chi connectivity index (χ1) is 9.54. The summed E-state index contributed by atoms with van der Waals surface area (Å²) in [5, 5.41) is 0. The smallest absolute Gasteiger partial charge is 0.111 e. The number of nitrogens with zero attached hydrogens (tertiary/aromatic N) is 2. The lowest BCUT2D eigenvalue weighted by atomic mass is 10.0. The summed E-state index contributed by atoms with van der Waals surface area (Å²) in [5.74, 6) is 2.49. The predicted molar refractivity (Wildman–Crippen MR) is 87.7 cm³/mol. The number of imidazole rings is 1. The minimum absolute atomic E-state index is 0.474. The van der Waals surface area contributed by atoms with E-state index < -0.39 is 0 Å². The van der Waals surface area contributed by atoms with Crippen LogP contribution in [0.25, 0.3) is 11.0 Å². The van der Waals surface area contributed by atoms with Crippen molar-refractivity contribution < 1.29 is 0 Å². The highest BCUT2D eigenvalue weighted by Gasteiger charge is 2.17. The number of halogens is 1. The van der Waals surface area contributed by atoms with E-state index in [4.69, 9.17) is 16.6 Å². The Morgan fingerprint density at radius 3 is 2.60 bits per heavy atom. The SMILES string of the molecule is Cc1cccc2nc(CCCl)n(C(C)CCC(C)C)c12. The Morgan fingerprint density at radius 2 is 1.95 bits per heavy atom. The van der Waals surface area contributed by atoms with Gasteiger partial charge in [0, 0.05) is 18.3 Å². The first-order valence-corrected chi connectivity index (χ1v) is 8.10. The minimum atomic E-state index is 0.474. The van der Waals surface area contributed by atoms with E-state index in [0.29, 0.717) is 11.9 Å². The van der Waals surface area contributed by atoms with E-state index in [1.54, 1.807) is 0 Å². The zero-order valence-corrected chi connectivity index (χ0v) is 13.7. The van der Waals surface area contributed by atoms with Gasteiger partial charge in [0.1, 0.15) is 5.82 Å². The first kappa shape index (κ1) is 15.4. The third kappa shape index (κ3) is 3.17. The number of hydrogen-bond donors (Lipinski definition) is 0. The van der Waals surface area contributed by atoms with Crippen LogP contribution in [0.1, 0.15) is 51.0 Å². The summed E-state index contributed by atoms with van der Waals surface area (Å²) in [7, 11) is 0. The van der Waals surface area contributed by atoms with Gasteiger partial charge in [-0.3, -0.25) is 0 Å². The lowest BCUT2D eigenvalue weighted by molar-refractivity contribution is 0.437. The van der Waals surface area contributed by atoms with Crippen molar-refractivity contribution in [2.45, 2.75) is 53.0 Å². The normalized spacial score (nSPS) is 13.3. The summed E-state index contributed by atoms with van der Waals surface area (Å²) in [6, 6.07) is 6.83. The topological polar surface area (TPSA) is 17.8 Å². The number of para-hydroxylation sites is 1. The van der Waals surface area contributed by atoms with Crippen molar-refractivity contribution in [3.05, 3.63) is 29.6 Å². The molecule has 2 aromatic rings. The Kier molecular flexibility index (Phi) is 5.09. The minimum Gasteiger partial charge on any atom is -0.325 e. The molecule has 0 saturated carbocycles. The Hall–Kier alpha value is -1.02. The third-order valence-electron chi connectivity index (χ3n) is 3.91. The van der Waals surface area contributed by atoms with Gasteiger partial charge in [0.05, 0.1) is 11.0 Å². The second kappa shape index (κ2) is 6.62. The molecule has 1 aromatic carbocycles. The van der Waals surface area contributed by atoms with E-state index in [9.17, 15) is 0 Å². The van der Waals surface area contributed by atoms with Crippen LogP contribution in [-0.4, -0.2) is 15.4 Å². The number of benzene rings is 1. The summed E-state index contributed by atoms with van der Waals surface area (Å²) < 4.78 is 2.41. The molecule has 0 spiro atoms. The molecule has 3 heteroatoms. The van der Waals surface area contributed by atoms with Crippen LogP contribution in [0.2, 0.25) is 0 Å². The lowest BCUT2D eigenvalue weighted by Crippen LogP contribution is -2.11. The van der Waals surface area contributed by atoms with Gasteiger partial charge in [0.25, 0.3) is 0 Å².